The molecule has 0 amide bonds. The Labute approximate surface area is 296 Å². The highest BCUT2D eigenvalue weighted by atomic mass is 32.2. The summed E-state index contributed by atoms with van der Waals surface area (Å²) in [5.74, 6) is -0.788. The predicted molar refractivity (Wildman–Crippen MR) is 193 cm³/mol. The summed E-state index contributed by atoms with van der Waals surface area (Å²) in [6.07, 6.45) is 9.20. The molecule has 0 aromatic heterocycles. The van der Waals surface area contributed by atoms with E-state index in [0.717, 1.165) is 44.1 Å². The molecule has 2 N–H and O–H groups in total. The van der Waals surface area contributed by atoms with E-state index in [1.807, 2.05) is 6.92 Å². The summed E-state index contributed by atoms with van der Waals surface area (Å²) in [5.41, 5.74) is 4.73. The van der Waals surface area contributed by atoms with Crippen molar-refractivity contribution in [3.05, 3.63) is 75.7 Å². The standard InChI is InChI=1S/C35H48N6O7S2/c1-6-10-12-13-14-15-18-26-21-22-31(29(24-26)48-23-11-7-2)50(45,46)39-33-30(8-3)49(43,44)40-34-32(25(5)38-41(33)34)37-36-28-20-17-16-19-27(28)35(42)47-9-4/h16-17,19-22,24,38-39H,6-15,18,23H2,1-5H3. The van der Waals surface area contributed by atoms with Gasteiger partial charge in [-0.1, -0.05) is 77.5 Å². The van der Waals surface area contributed by atoms with E-state index in [9.17, 15) is 21.6 Å². The Morgan fingerprint density at radius 1 is 0.960 bits per heavy atom. The summed E-state index contributed by atoms with van der Waals surface area (Å²) >= 11 is 0. The Hall–Kier alpha value is -4.24. The van der Waals surface area contributed by atoms with Gasteiger partial charge in [0.05, 0.1) is 24.5 Å². The van der Waals surface area contributed by atoms with Gasteiger partial charge in [-0.2, -0.15) is 8.42 Å². The van der Waals surface area contributed by atoms with E-state index in [0.29, 0.717) is 12.3 Å². The van der Waals surface area contributed by atoms with Crippen molar-refractivity contribution in [1.82, 2.24) is 15.2 Å². The molecule has 0 aliphatic carbocycles. The van der Waals surface area contributed by atoms with Crippen LogP contribution in [0.4, 0.5) is 5.69 Å². The summed E-state index contributed by atoms with van der Waals surface area (Å²) < 4.78 is 72.8. The number of hydrogen-bond acceptors (Lipinski definition) is 11. The number of benzene rings is 2. The number of amidine groups is 1. The minimum atomic E-state index is -4.38. The number of fused-ring (bicyclic) bond motifs is 1. The number of aryl methyl sites for hydroxylation is 1. The third kappa shape index (κ3) is 9.30. The number of unbranched alkanes of at least 4 members (excludes halogenated alkanes) is 6. The van der Waals surface area contributed by atoms with Gasteiger partial charge >= 0.3 is 5.97 Å². The van der Waals surface area contributed by atoms with E-state index in [1.54, 1.807) is 57.2 Å². The fourth-order valence-corrected chi connectivity index (χ4v) is 8.02. The van der Waals surface area contributed by atoms with Crippen LogP contribution in [0.3, 0.4) is 0 Å². The Morgan fingerprint density at radius 3 is 2.40 bits per heavy atom. The van der Waals surface area contributed by atoms with Crippen LogP contribution in [-0.2, 0) is 31.2 Å². The Kier molecular flexibility index (Phi) is 13.6. The lowest BCUT2D eigenvalue weighted by molar-refractivity contribution is 0.0527. The van der Waals surface area contributed by atoms with Crippen molar-refractivity contribution >= 4 is 37.5 Å². The first-order valence-electron chi connectivity index (χ1n) is 17.3. The van der Waals surface area contributed by atoms with E-state index in [2.05, 4.69) is 31.7 Å². The van der Waals surface area contributed by atoms with Crippen LogP contribution in [0.15, 0.2) is 84.1 Å². The quantitative estimate of drug-likeness (QED) is 0.0852. The topological polar surface area (TPSA) is 168 Å². The number of carbonyl (C=O) groups is 1. The highest BCUT2D eigenvalue weighted by Gasteiger charge is 2.41. The van der Waals surface area contributed by atoms with Crippen LogP contribution in [0, 0.1) is 0 Å². The second kappa shape index (κ2) is 17.6. The molecule has 2 aliphatic rings. The van der Waals surface area contributed by atoms with Gasteiger partial charge in [0.25, 0.3) is 20.0 Å². The van der Waals surface area contributed by atoms with E-state index in [-0.39, 0.29) is 57.2 Å². The number of hydrazine groups is 1. The first-order chi connectivity index (χ1) is 24.0. The molecule has 0 atom stereocenters. The average molecular weight is 729 g/mol. The number of carbonyl (C=O) groups excluding carboxylic acids is 1. The van der Waals surface area contributed by atoms with Gasteiger partial charge in [0.1, 0.15) is 21.2 Å². The van der Waals surface area contributed by atoms with Crippen LogP contribution in [0.25, 0.3) is 0 Å². The zero-order chi connectivity index (χ0) is 36.3. The highest BCUT2D eigenvalue weighted by Crippen LogP contribution is 2.34. The van der Waals surface area contributed by atoms with Crippen LogP contribution < -0.4 is 14.9 Å². The molecule has 2 heterocycles. The van der Waals surface area contributed by atoms with E-state index in [4.69, 9.17) is 9.47 Å². The fraction of sp³-hybridized carbons (Fsp3) is 0.486. The van der Waals surface area contributed by atoms with Crippen molar-refractivity contribution in [2.75, 3.05) is 13.2 Å². The maximum absolute atomic E-state index is 14.1. The van der Waals surface area contributed by atoms with Gasteiger partial charge < -0.3 is 9.47 Å². The largest absolute Gasteiger partial charge is 0.492 e. The van der Waals surface area contributed by atoms with E-state index in [1.165, 1.54) is 30.3 Å². The summed E-state index contributed by atoms with van der Waals surface area (Å²) in [6.45, 7) is 9.61. The Balaban J connectivity index is 1.64. The normalized spacial score (nSPS) is 15.6. The molecule has 0 radical (unpaired) electrons. The molecule has 4 rings (SSSR count). The van der Waals surface area contributed by atoms with Crippen LogP contribution in [0.5, 0.6) is 5.75 Å². The zero-order valence-electron chi connectivity index (χ0n) is 29.5. The Bertz CT molecular complexity index is 1890. The number of ether oxygens (including phenoxy) is 2. The number of allylic oxidation sites excluding steroid dienone is 2. The third-order valence-corrected chi connectivity index (χ3v) is 11.0. The monoisotopic (exact) mass is 728 g/mol. The van der Waals surface area contributed by atoms with Crippen molar-refractivity contribution in [1.29, 1.82) is 0 Å². The number of rotatable bonds is 19. The lowest BCUT2D eigenvalue weighted by Crippen LogP contribution is -2.46. The predicted octanol–water partition coefficient (Wildman–Crippen LogP) is 7.38. The van der Waals surface area contributed by atoms with Crippen LogP contribution in [-0.4, -0.2) is 46.9 Å². The SMILES string of the molecule is CCCCCCCCc1ccc(S(=O)(=O)NC2=C(CC)S(=O)(=O)N=C3C(N=Nc4ccccc4C(=O)OCC)=C(C)NN32)c(OCCCC)c1. The van der Waals surface area contributed by atoms with Gasteiger partial charge in [-0.15, -0.1) is 14.6 Å². The summed E-state index contributed by atoms with van der Waals surface area (Å²) in [7, 11) is -8.72. The van der Waals surface area contributed by atoms with E-state index >= 15 is 0 Å². The molecule has 0 saturated heterocycles. The molecule has 0 bridgehead atoms. The van der Waals surface area contributed by atoms with Gasteiger partial charge in [-0.25, -0.2) is 18.2 Å². The molecule has 0 fully saturated rings. The molecule has 15 heteroatoms. The molecule has 272 valence electrons. The maximum Gasteiger partial charge on any atom is 0.340 e. The minimum absolute atomic E-state index is 0.0433. The fourth-order valence-electron chi connectivity index (χ4n) is 5.49. The molecule has 13 nitrogen and oxygen atoms in total. The molecule has 0 spiro atoms. The van der Waals surface area contributed by atoms with Crippen LogP contribution in [0.2, 0.25) is 0 Å². The van der Waals surface area contributed by atoms with Gasteiger partial charge in [0.2, 0.25) is 0 Å². The number of hydrogen-bond donors (Lipinski definition) is 2. The van der Waals surface area contributed by atoms with Gasteiger partial charge in [0, 0.05) is 0 Å². The minimum Gasteiger partial charge on any atom is -0.492 e. The van der Waals surface area contributed by atoms with Crippen molar-refractivity contribution in [2.24, 2.45) is 14.6 Å². The summed E-state index contributed by atoms with van der Waals surface area (Å²) in [4.78, 5) is 12.1. The molecule has 0 saturated carbocycles. The second-order valence-electron chi connectivity index (χ2n) is 12.0. The number of nitrogens with zero attached hydrogens (tertiary/aromatic N) is 4. The second-order valence-corrected chi connectivity index (χ2v) is 15.3. The summed E-state index contributed by atoms with van der Waals surface area (Å²) in [5, 5.41) is 9.71. The molecule has 0 unspecified atom stereocenters. The molecular formula is C35H48N6O7S2. The lowest BCUT2D eigenvalue weighted by Gasteiger charge is -2.29. The van der Waals surface area contributed by atoms with Gasteiger partial charge in [-0.05, 0) is 69.4 Å². The maximum atomic E-state index is 14.1. The van der Waals surface area contributed by atoms with Gasteiger partial charge in [0.15, 0.2) is 17.4 Å². The average Bonchev–Trinajstić information content (AvgIpc) is 3.39. The summed E-state index contributed by atoms with van der Waals surface area (Å²) in [6, 6.07) is 11.5. The first-order valence-corrected chi connectivity index (χ1v) is 20.2. The molecule has 50 heavy (non-hydrogen) atoms. The van der Waals surface area contributed by atoms with Crippen molar-refractivity contribution in [3.8, 4) is 5.75 Å². The number of sulfonamides is 2. The van der Waals surface area contributed by atoms with Crippen molar-refractivity contribution < 1.29 is 31.1 Å². The molecule has 2 aliphatic heterocycles. The smallest absolute Gasteiger partial charge is 0.340 e. The van der Waals surface area contributed by atoms with Crippen molar-refractivity contribution in [3.63, 3.8) is 0 Å². The highest BCUT2D eigenvalue weighted by molar-refractivity contribution is 7.94. The van der Waals surface area contributed by atoms with E-state index < -0.39 is 26.0 Å². The van der Waals surface area contributed by atoms with Crippen LogP contribution in [0.1, 0.15) is 108 Å². The third-order valence-electron chi connectivity index (χ3n) is 8.15. The first kappa shape index (κ1) is 38.6. The zero-order valence-corrected chi connectivity index (χ0v) is 31.1. The molecule has 2 aromatic carbocycles. The van der Waals surface area contributed by atoms with Crippen molar-refractivity contribution in [2.45, 2.75) is 104 Å². The number of azo groups is 1. The molecular weight excluding hydrogens is 681 g/mol. The lowest BCUT2D eigenvalue weighted by atomic mass is 10.0. The molecule has 2 aromatic rings. The Morgan fingerprint density at radius 2 is 1.68 bits per heavy atom. The number of esters is 1. The van der Waals surface area contributed by atoms with Gasteiger partial charge in [-0.3, -0.25) is 10.1 Å². The van der Waals surface area contributed by atoms with Crippen LogP contribution >= 0.6 is 0 Å². The number of nitrogens with one attached hydrogen (secondary N) is 2.